The number of nitro benzene ring substituents is 1. The minimum atomic E-state index is -0.586. The van der Waals surface area contributed by atoms with Crippen molar-refractivity contribution in [3.8, 4) is 17.2 Å². The van der Waals surface area contributed by atoms with Crippen LogP contribution in [0.3, 0.4) is 0 Å². The molecule has 2 saturated heterocycles. The molecule has 0 atom stereocenters. The maximum Gasteiger partial charge on any atom is 0.338 e. The van der Waals surface area contributed by atoms with Gasteiger partial charge in [-0.2, -0.15) is 0 Å². The number of phenolic OH excluding ortho intramolecular Hbond substituents is 1. The number of carbonyl (C=O) groups excluding carboxylic acids is 6. The number of ether oxygens (including phenoxy) is 10. The van der Waals surface area contributed by atoms with Crippen molar-refractivity contribution in [1.29, 1.82) is 0 Å². The number of benzene rings is 6. The van der Waals surface area contributed by atoms with Crippen LogP contribution in [0.4, 0.5) is 17.1 Å². The van der Waals surface area contributed by atoms with Gasteiger partial charge in [-0.15, -0.1) is 0 Å². The third-order valence-electron chi connectivity index (χ3n) is 18.9. The van der Waals surface area contributed by atoms with Crippen molar-refractivity contribution in [2.45, 2.75) is 127 Å². The molecule has 117 heavy (non-hydrogen) atoms. The van der Waals surface area contributed by atoms with Crippen LogP contribution in [0, 0.1) is 58.6 Å². The third-order valence-corrected chi connectivity index (χ3v) is 23.0. The number of furan rings is 2. The summed E-state index contributed by atoms with van der Waals surface area (Å²) in [4.78, 5) is 101. The lowest BCUT2D eigenvalue weighted by atomic mass is 9.98. The van der Waals surface area contributed by atoms with Gasteiger partial charge >= 0.3 is 29.8 Å². The highest BCUT2D eigenvalue weighted by molar-refractivity contribution is 9.11. The highest BCUT2D eigenvalue weighted by Crippen LogP contribution is 2.38. The largest absolute Gasteiger partial charge is 0.508 e. The van der Waals surface area contributed by atoms with Crippen LogP contribution in [0.5, 0.6) is 17.2 Å². The zero-order valence-electron chi connectivity index (χ0n) is 68.2. The van der Waals surface area contributed by atoms with Crippen LogP contribution in [-0.2, 0) is 51.0 Å². The number of anilines is 2. The Morgan fingerprint density at radius 3 is 1.71 bits per heavy atom. The Hall–Kier alpha value is -9.19. The number of nitrogens with one attached hydrogen (secondary N) is 2. The van der Waals surface area contributed by atoms with Crippen LogP contribution < -0.4 is 31.0 Å². The predicted octanol–water partition coefficient (Wildman–Crippen LogP) is 18.1. The predicted molar refractivity (Wildman–Crippen MR) is 463 cm³/mol. The van der Waals surface area contributed by atoms with Crippen LogP contribution in [0.15, 0.2) is 121 Å². The monoisotopic (exact) mass is 1940 g/mol. The van der Waals surface area contributed by atoms with Crippen molar-refractivity contribution < 1.29 is 95.0 Å². The number of hydrogen-bond donors (Lipinski definition) is 4. The number of aromatic hydroxyl groups is 1. The summed E-state index contributed by atoms with van der Waals surface area (Å²) in [6.07, 6.45) is 6.70. The molecule has 2 aliphatic rings. The van der Waals surface area contributed by atoms with E-state index in [1.165, 1.54) is 86.2 Å². The van der Waals surface area contributed by atoms with Crippen molar-refractivity contribution >= 4 is 154 Å². The minimum absolute atomic E-state index is 0.0397. The number of esters is 5. The van der Waals surface area contributed by atoms with Crippen LogP contribution in [-0.4, -0.2) is 163 Å². The number of H-pyrrole nitrogens is 1. The number of phenols is 1. The molecule has 632 valence electrons. The number of fused-ring (bicyclic) bond motifs is 2. The van der Waals surface area contributed by atoms with E-state index in [1.807, 2.05) is 53.7 Å². The van der Waals surface area contributed by atoms with Gasteiger partial charge in [0.15, 0.2) is 6.29 Å². The summed E-state index contributed by atoms with van der Waals surface area (Å²) in [7, 11) is 8.13. The number of carbonyl (C=O) groups is 6. The fourth-order valence-corrected chi connectivity index (χ4v) is 14.9. The summed E-state index contributed by atoms with van der Waals surface area (Å²) in [5, 5.41) is 24.4. The average Bonchev–Trinajstić information content (AvgIpc) is 1.59. The minimum Gasteiger partial charge on any atom is -0.508 e. The summed E-state index contributed by atoms with van der Waals surface area (Å²) in [5.74, 6) is -0.467. The smallest absolute Gasteiger partial charge is 0.338 e. The van der Waals surface area contributed by atoms with Gasteiger partial charge in [-0.1, -0.05) is 86.1 Å². The lowest BCUT2D eigenvalue weighted by Gasteiger charge is -2.36. The molecule has 0 unspecified atom stereocenters. The molecule has 6 aromatic carbocycles. The first-order valence-corrected chi connectivity index (χ1v) is 41.0. The number of rotatable bonds is 22. The SMILES string of the molecule is CCN(c1cc2oc(CN3CCCCC3)cc2c(C(=O)NCc2c(OC)cc(C)[nH]c2=O)c1C)C1CCOCC1.CCOC(COc1cc(Br)c(C)c(C(=O)OC)c1)OCC.COC(=O)c1c(C)c(Br)cc2occc12.COC(=O)c1cc(N)cc(Br)c1C.COC(=O)c1cc(O)cc(Br)c1C.COC(=O)c1cc([N+](=O)[O-])cc(Br)c1C. The maximum atomic E-state index is 13.9. The van der Waals surface area contributed by atoms with Crippen LogP contribution in [0.25, 0.3) is 21.9 Å². The van der Waals surface area contributed by atoms with Gasteiger partial charge in [0.05, 0.1) is 106 Å². The van der Waals surface area contributed by atoms with Crippen LogP contribution in [0.1, 0.15) is 165 Å². The summed E-state index contributed by atoms with van der Waals surface area (Å²) < 4.78 is 66.0. The lowest BCUT2D eigenvalue weighted by Crippen LogP contribution is -2.40. The number of hydrogen-bond acceptors (Lipinski definition) is 25. The van der Waals surface area contributed by atoms with Gasteiger partial charge < -0.3 is 82.2 Å². The van der Waals surface area contributed by atoms with E-state index >= 15 is 0 Å². The number of aromatic nitrogens is 1. The first kappa shape index (κ1) is 96.6. The van der Waals surface area contributed by atoms with Crippen LogP contribution >= 0.6 is 79.6 Å². The fourth-order valence-electron chi connectivity index (χ4n) is 12.6. The zero-order valence-corrected chi connectivity index (χ0v) is 76.1. The van der Waals surface area contributed by atoms with E-state index in [4.69, 9.17) is 47.7 Å². The van der Waals surface area contributed by atoms with E-state index < -0.39 is 29.1 Å². The van der Waals surface area contributed by atoms with Gasteiger partial charge in [-0.3, -0.25) is 24.6 Å². The molecule has 0 radical (unpaired) electrons. The number of amides is 1. The van der Waals surface area contributed by atoms with E-state index in [-0.39, 0.29) is 53.6 Å². The van der Waals surface area contributed by atoms with Gasteiger partial charge in [0.2, 0.25) is 0 Å². The molecule has 11 rings (SSSR count). The first-order valence-electron chi connectivity index (χ1n) is 37.1. The second kappa shape index (κ2) is 46.8. The Labute approximate surface area is 721 Å². The third kappa shape index (κ3) is 26.4. The second-order valence-corrected chi connectivity index (χ2v) is 30.8. The Morgan fingerprint density at radius 1 is 0.632 bits per heavy atom. The standard InChI is InChI=1S/C31H42N4O5.C15H21BrO5.C11H9BrO3.C9H8BrNO4.C9H10BrNO2.C9H9BrO3/c1-5-35(22-9-13-39-14-10-22)26-17-28-24(16-23(40-28)19-34-11-7-6-8-12-34)29(21(26)3)31(37)32-18-25-27(38-4)15-20(2)33-30(25)36;1-5-19-14(20-6-2)9-21-11-7-12(15(17)18-4)10(3)13(16)8-11;1-6-8(12)5-9-7(3-4-15-9)10(6)11(13)14-2;1-5-7(9(12)15-2)3-6(11(13)14)4-8(5)10;2*1-5-7(9(12)13-2)3-6(11)4-8(5)10/h15-17,22H,5-14,18-19H2,1-4H3,(H,32,37)(H,33,36);7-8,14H,5-6,9H2,1-4H3;3-5H,1-2H3;3-4H,1-2H3;3-4H,11H2,1-2H3;3-4,11H,1-2H3. The normalized spacial score (nSPS) is 12.5. The van der Waals surface area contributed by atoms with Crippen LogP contribution in [0.2, 0.25) is 0 Å². The van der Waals surface area contributed by atoms with Crippen molar-refractivity contribution in [2.24, 2.45) is 0 Å². The molecule has 0 aliphatic carbocycles. The topological polar surface area (TPSA) is 362 Å². The molecule has 5 heterocycles. The lowest BCUT2D eigenvalue weighted by molar-refractivity contribution is -0.385. The molecule has 1 amide bonds. The number of likely N-dealkylation sites (tertiary alicyclic amines) is 1. The number of nitrogens with two attached hydrogens (primary N) is 1. The Kier molecular flexibility index (Phi) is 38.7. The number of piperidine rings is 1. The molecule has 2 fully saturated rings. The van der Waals surface area contributed by atoms with E-state index in [2.05, 4.69) is 127 Å². The molecular weight excluding hydrogens is 1840 g/mol. The number of pyridine rings is 1. The van der Waals surface area contributed by atoms with Gasteiger partial charge in [0.25, 0.3) is 17.2 Å². The molecule has 5 N–H and O–H groups in total. The van der Waals surface area contributed by atoms with E-state index in [0.29, 0.717) is 101 Å². The van der Waals surface area contributed by atoms with E-state index in [1.54, 1.807) is 63.4 Å². The number of halogens is 5. The molecule has 0 bridgehead atoms. The number of methoxy groups -OCH3 is 6. The van der Waals surface area contributed by atoms with E-state index in [0.717, 1.165) is 116 Å². The summed E-state index contributed by atoms with van der Waals surface area (Å²) >= 11 is 16.5. The summed E-state index contributed by atoms with van der Waals surface area (Å²) in [6.45, 7) is 25.3. The number of nitrogens with zero attached hydrogens (tertiary/aromatic N) is 3. The Balaban J connectivity index is 0.000000234. The first-order chi connectivity index (χ1) is 55.6. The number of nitro groups is 1. The molecular formula is C84H99Br5N6O22. The van der Waals surface area contributed by atoms with Crippen molar-refractivity contribution in [3.63, 3.8) is 0 Å². The van der Waals surface area contributed by atoms with Gasteiger partial charge in [0, 0.05) is 107 Å². The molecule has 28 nitrogen and oxygen atoms in total. The number of aryl methyl sites for hydroxylation is 1. The molecule has 9 aromatic rings. The zero-order chi connectivity index (χ0) is 86.7. The maximum absolute atomic E-state index is 13.9. The molecule has 0 spiro atoms. The number of nitrogen functional groups attached to an aromatic ring is 1. The van der Waals surface area contributed by atoms with E-state index in [9.17, 15) is 48.8 Å². The Morgan fingerprint density at radius 2 is 1.16 bits per heavy atom. The van der Waals surface area contributed by atoms with Crippen molar-refractivity contribution in [3.05, 3.63) is 212 Å². The van der Waals surface area contributed by atoms with Gasteiger partial charge in [-0.25, -0.2) is 24.0 Å². The highest BCUT2D eigenvalue weighted by Gasteiger charge is 2.29. The molecule has 0 saturated carbocycles. The van der Waals surface area contributed by atoms with Gasteiger partial charge in [0.1, 0.15) is 40.8 Å². The fraction of sp³-hybridized carbons (Fsp3) is 0.393. The molecule has 33 heteroatoms. The van der Waals surface area contributed by atoms with Gasteiger partial charge in [-0.05, 0) is 202 Å². The summed E-state index contributed by atoms with van der Waals surface area (Å²) in [5.41, 5.74) is 16.7. The molecule has 3 aromatic heterocycles. The second-order valence-electron chi connectivity index (χ2n) is 26.5. The van der Waals surface area contributed by atoms with Crippen molar-refractivity contribution in [1.82, 2.24) is 15.2 Å². The van der Waals surface area contributed by atoms with Crippen molar-refractivity contribution in [2.75, 3.05) is 106 Å². The Bertz CT molecular complexity index is 4980. The highest BCUT2D eigenvalue weighted by atomic mass is 79.9. The average molecular weight is 1940 g/mol. The quantitative estimate of drug-likeness (QED) is 0.0122. The number of aromatic amines is 1. The number of non-ortho nitro benzene ring substituents is 1. The molecule has 2 aliphatic heterocycles. The summed E-state index contributed by atoms with van der Waals surface area (Å²) in [6, 6.07) is 22.1.